The van der Waals surface area contributed by atoms with Gasteiger partial charge < -0.3 is 15.2 Å². The van der Waals surface area contributed by atoms with Crippen LogP contribution in [0.1, 0.15) is 16.1 Å². The van der Waals surface area contributed by atoms with E-state index < -0.39 is 5.97 Å². The van der Waals surface area contributed by atoms with Crippen molar-refractivity contribution in [3.05, 3.63) is 41.7 Å². The summed E-state index contributed by atoms with van der Waals surface area (Å²) >= 11 is 0. The minimum absolute atomic E-state index is 0.260. The molecule has 0 spiro atoms. The van der Waals surface area contributed by atoms with Crippen LogP contribution in [0.4, 0.5) is 5.69 Å². The van der Waals surface area contributed by atoms with Crippen LogP contribution in [0.5, 0.6) is 5.75 Å². The quantitative estimate of drug-likeness (QED) is 0.659. The van der Waals surface area contributed by atoms with E-state index >= 15 is 0 Å². The van der Waals surface area contributed by atoms with Crippen molar-refractivity contribution in [2.24, 2.45) is 7.05 Å². The summed E-state index contributed by atoms with van der Waals surface area (Å²) in [6, 6.07) is 6.92. The van der Waals surface area contributed by atoms with Crippen molar-refractivity contribution in [1.82, 2.24) is 9.78 Å². The van der Waals surface area contributed by atoms with E-state index in [1.807, 2.05) is 13.1 Å². The fourth-order valence-corrected chi connectivity index (χ4v) is 1.90. The maximum atomic E-state index is 12.1. The third-order valence-electron chi connectivity index (χ3n) is 3.00. The number of carbonyl (C=O) groups excluding carboxylic acids is 1. The molecular weight excluding hydrogens is 258 g/mol. The maximum absolute atomic E-state index is 12.1. The SMILES string of the molecule is COc1cccc(N)c1C(=O)OCCc1ccnn1C. The summed E-state index contributed by atoms with van der Waals surface area (Å²) in [6.45, 7) is 0.260. The largest absolute Gasteiger partial charge is 0.496 e. The van der Waals surface area contributed by atoms with E-state index in [1.165, 1.54) is 7.11 Å². The van der Waals surface area contributed by atoms with Crippen LogP contribution >= 0.6 is 0 Å². The smallest absolute Gasteiger partial charge is 0.344 e. The zero-order valence-corrected chi connectivity index (χ0v) is 11.5. The molecule has 0 amide bonds. The summed E-state index contributed by atoms with van der Waals surface area (Å²) in [7, 11) is 3.33. The van der Waals surface area contributed by atoms with Crippen LogP contribution in [0.3, 0.4) is 0 Å². The van der Waals surface area contributed by atoms with E-state index in [0.29, 0.717) is 17.9 Å². The van der Waals surface area contributed by atoms with Crippen LogP contribution in [0.2, 0.25) is 0 Å². The van der Waals surface area contributed by atoms with Crippen molar-refractivity contribution in [2.75, 3.05) is 19.5 Å². The topological polar surface area (TPSA) is 79.4 Å². The number of ether oxygens (including phenoxy) is 2. The van der Waals surface area contributed by atoms with Gasteiger partial charge in [-0.25, -0.2) is 4.79 Å². The number of aryl methyl sites for hydroxylation is 1. The lowest BCUT2D eigenvalue weighted by Crippen LogP contribution is -2.13. The number of nitrogens with two attached hydrogens (primary N) is 1. The highest BCUT2D eigenvalue weighted by Crippen LogP contribution is 2.24. The molecule has 0 radical (unpaired) electrons. The van der Waals surface area contributed by atoms with Crippen molar-refractivity contribution < 1.29 is 14.3 Å². The summed E-state index contributed by atoms with van der Waals surface area (Å²) in [6.07, 6.45) is 2.30. The molecule has 2 N–H and O–H groups in total. The third-order valence-corrected chi connectivity index (χ3v) is 3.00. The molecule has 0 aliphatic rings. The molecule has 1 aromatic heterocycles. The molecule has 0 bridgehead atoms. The van der Waals surface area contributed by atoms with Crippen molar-refractivity contribution in [1.29, 1.82) is 0 Å². The molecule has 0 unspecified atom stereocenters. The van der Waals surface area contributed by atoms with Gasteiger partial charge in [0.05, 0.1) is 13.7 Å². The van der Waals surface area contributed by atoms with E-state index in [2.05, 4.69) is 5.10 Å². The van der Waals surface area contributed by atoms with Gasteiger partial charge in [0.1, 0.15) is 11.3 Å². The van der Waals surface area contributed by atoms with Crippen molar-refractivity contribution in [3.8, 4) is 5.75 Å². The van der Waals surface area contributed by atoms with Crippen LogP contribution in [0.25, 0.3) is 0 Å². The molecule has 0 saturated heterocycles. The highest BCUT2D eigenvalue weighted by atomic mass is 16.5. The second-order valence-corrected chi connectivity index (χ2v) is 4.26. The van der Waals surface area contributed by atoms with Crippen LogP contribution in [0, 0.1) is 0 Å². The summed E-state index contributed by atoms with van der Waals surface area (Å²) in [5, 5.41) is 4.05. The lowest BCUT2D eigenvalue weighted by Gasteiger charge is -2.11. The first-order valence-electron chi connectivity index (χ1n) is 6.20. The van der Waals surface area contributed by atoms with E-state index in [0.717, 1.165) is 5.69 Å². The average molecular weight is 275 g/mol. The molecule has 6 nitrogen and oxygen atoms in total. The van der Waals surface area contributed by atoms with Gasteiger partial charge in [-0.15, -0.1) is 0 Å². The Balaban J connectivity index is 2.00. The monoisotopic (exact) mass is 275 g/mol. The number of carbonyl (C=O) groups is 1. The Morgan fingerprint density at radius 3 is 2.85 bits per heavy atom. The number of anilines is 1. The Labute approximate surface area is 117 Å². The van der Waals surface area contributed by atoms with E-state index in [9.17, 15) is 4.79 Å². The molecule has 2 rings (SSSR count). The predicted molar refractivity (Wildman–Crippen MR) is 74.6 cm³/mol. The lowest BCUT2D eigenvalue weighted by molar-refractivity contribution is 0.0505. The molecule has 0 saturated carbocycles. The summed E-state index contributed by atoms with van der Waals surface area (Å²) in [4.78, 5) is 12.1. The average Bonchev–Trinajstić information content (AvgIpc) is 2.84. The van der Waals surface area contributed by atoms with Gasteiger partial charge in [-0.1, -0.05) is 6.07 Å². The summed E-state index contributed by atoms with van der Waals surface area (Å²) < 4.78 is 12.1. The van der Waals surface area contributed by atoms with E-state index in [1.54, 1.807) is 29.1 Å². The summed E-state index contributed by atoms with van der Waals surface area (Å²) in [5.41, 5.74) is 7.39. The van der Waals surface area contributed by atoms with Gasteiger partial charge in [0.2, 0.25) is 0 Å². The molecule has 0 aliphatic carbocycles. The highest BCUT2D eigenvalue weighted by Gasteiger charge is 2.17. The second kappa shape index (κ2) is 6.10. The minimum Gasteiger partial charge on any atom is -0.496 e. The van der Waals surface area contributed by atoms with Crippen molar-refractivity contribution >= 4 is 11.7 Å². The van der Waals surface area contributed by atoms with Crippen molar-refractivity contribution in [2.45, 2.75) is 6.42 Å². The van der Waals surface area contributed by atoms with E-state index in [4.69, 9.17) is 15.2 Å². The number of aromatic nitrogens is 2. The van der Waals surface area contributed by atoms with Gasteiger partial charge >= 0.3 is 5.97 Å². The normalized spacial score (nSPS) is 10.3. The molecule has 6 heteroatoms. The molecule has 0 atom stereocenters. The molecular formula is C14H17N3O3. The van der Waals surface area contributed by atoms with Gasteiger partial charge in [-0.2, -0.15) is 5.10 Å². The number of methoxy groups -OCH3 is 1. The van der Waals surface area contributed by atoms with Gasteiger partial charge in [0.15, 0.2) is 0 Å². The third kappa shape index (κ3) is 2.90. The molecule has 20 heavy (non-hydrogen) atoms. The number of hydrogen-bond donors (Lipinski definition) is 1. The first kappa shape index (κ1) is 13.9. The first-order chi connectivity index (χ1) is 9.63. The van der Waals surface area contributed by atoms with Crippen LogP contribution in [-0.4, -0.2) is 29.5 Å². The fourth-order valence-electron chi connectivity index (χ4n) is 1.90. The maximum Gasteiger partial charge on any atom is 0.344 e. The Bertz CT molecular complexity index is 607. The van der Waals surface area contributed by atoms with Gasteiger partial charge in [0, 0.05) is 31.0 Å². The van der Waals surface area contributed by atoms with Gasteiger partial charge in [-0.3, -0.25) is 4.68 Å². The fraction of sp³-hybridized carbons (Fsp3) is 0.286. The second-order valence-electron chi connectivity index (χ2n) is 4.26. The van der Waals surface area contributed by atoms with Crippen LogP contribution in [-0.2, 0) is 18.2 Å². The Morgan fingerprint density at radius 2 is 2.20 bits per heavy atom. The first-order valence-corrected chi connectivity index (χ1v) is 6.20. The predicted octanol–water partition coefficient (Wildman–Crippen LogP) is 1.41. The Morgan fingerprint density at radius 1 is 1.40 bits per heavy atom. The van der Waals surface area contributed by atoms with Crippen molar-refractivity contribution in [3.63, 3.8) is 0 Å². The van der Waals surface area contributed by atoms with E-state index in [-0.39, 0.29) is 12.2 Å². The molecule has 1 aromatic carbocycles. The van der Waals surface area contributed by atoms with Crippen LogP contribution in [0.15, 0.2) is 30.5 Å². The molecule has 106 valence electrons. The number of nitrogen functional groups attached to an aromatic ring is 1. The number of benzene rings is 1. The van der Waals surface area contributed by atoms with Gasteiger partial charge in [-0.05, 0) is 18.2 Å². The van der Waals surface area contributed by atoms with Gasteiger partial charge in [0.25, 0.3) is 0 Å². The number of esters is 1. The molecule has 2 aromatic rings. The lowest BCUT2D eigenvalue weighted by atomic mass is 10.1. The standard InChI is InChI=1S/C14H17N3O3/c1-17-10(6-8-16-17)7-9-20-14(18)13-11(15)4-3-5-12(13)19-2/h3-6,8H,7,9,15H2,1-2H3. The zero-order chi connectivity index (χ0) is 14.5. The molecule has 1 heterocycles. The Hall–Kier alpha value is -2.50. The zero-order valence-electron chi connectivity index (χ0n) is 11.5. The minimum atomic E-state index is -0.484. The Kier molecular flexibility index (Phi) is 4.24. The number of rotatable bonds is 5. The number of hydrogen-bond acceptors (Lipinski definition) is 5. The highest BCUT2D eigenvalue weighted by molar-refractivity contribution is 5.98. The molecule has 0 aliphatic heterocycles. The molecule has 0 fully saturated rings. The summed E-state index contributed by atoms with van der Waals surface area (Å²) in [5.74, 6) is -0.0716. The van der Waals surface area contributed by atoms with Crippen LogP contribution < -0.4 is 10.5 Å². The number of nitrogens with zero attached hydrogens (tertiary/aromatic N) is 2.